The van der Waals surface area contributed by atoms with Gasteiger partial charge in [0, 0.05) is 47.9 Å². The lowest BCUT2D eigenvalue weighted by molar-refractivity contribution is -0.123. The number of carbonyl (C=O) groups excluding carboxylic acids is 1. The fourth-order valence-corrected chi connectivity index (χ4v) is 17.3. The number of amides is 1. The van der Waals surface area contributed by atoms with Gasteiger partial charge in [-0.15, -0.1) is 45.3 Å². The standard InChI is InChI=1S/C74H118N2O2S4/c1-8-12-16-20-24-28-30-34-38-42-45-60(44-40-36-32-26-22-18-14-10-3)56-75-71(67-49-48-59(7)79-67)69-70(74(75)78)72(68-55-54-66(82-68)65-53-52-64(81-65)63-51-50-62(80-63)58(5)6)76(73(69)77)57-61(46-41-37-33-27-23-19-15-11-4)47-43-39-35-31-29-25-21-17-13-9-2/h48-55,58,60-61,74,78H,8-47,56-57H2,1-7H3. The summed E-state index contributed by atoms with van der Waals surface area (Å²) in [5, 5.41) is 13.3. The summed E-state index contributed by atoms with van der Waals surface area (Å²) >= 11 is 7.43. The number of rotatable bonds is 49. The number of fused-ring (bicyclic) bond motifs is 1. The third-order valence-electron chi connectivity index (χ3n) is 18.2. The van der Waals surface area contributed by atoms with Gasteiger partial charge in [0.15, 0.2) is 6.23 Å². The molecule has 0 saturated carbocycles. The minimum absolute atomic E-state index is 0.123. The molecule has 3 atom stereocenters. The van der Waals surface area contributed by atoms with Crippen molar-refractivity contribution in [2.75, 3.05) is 13.1 Å². The zero-order valence-electron chi connectivity index (χ0n) is 53.5. The number of nitrogens with zero attached hydrogens (tertiary/aromatic N) is 2. The topological polar surface area (TPSA) is 43.8 Å². The lowest BCUT2D eigenvalue weighted by Crippen LogP contribution is -2.36. The lowest BCUT2D eigenvalue weighted by Gasteiger charge is -2.33. The van der Waals surface area contributed by atoms with E-state index in [9.17, 15) is 5.11 Å². The van der Waals surface area contributed by atoms with Gasteiger partial charge in [-0.1, -0.05) is 273 Å². The molecule has 1 N–H and O–H groups in total. The third-order valence-corrected chi connectivity index (χ3v) is 23.2. The van der Waals surface area contributed by atoms with Crippen LogP contribution in [0.2, 0.25) is 0 Å². The molecule has 460 valence electrons. The number of thiophene rings is 4. The van der Waals surface area contributed by atoms with Gasteiger partial charge in [0.1, 0.15) is 0 Å². The highest BCUT2D eigenvalue weighted by atomic mass is 32.1. The normalized spacial score (nSPS) is 15.4. The van der Waals surface area contributed by atoms with Crippen LogP contribution in [0.25, 0.3) is 30.9 Å². The van der Waals surface area contributed by atoms with Crippen molar-refractivity contribution in [3.63, 3.8) is 0 Å². The number of hydrogen-bond donors (Lipinski definition) is 1. The van der Waals surface area contributed by atoms with Crippen molar-refractivity contribution in [2.45, 2.75) is 317 Å². The first-order chi connectivity index (χ1) is 40.2. The molecule has 0 spiro atoms. The number of aryl methyl sites for hydroxylation is 1. The van der Waals surface area contributed by atoms with Gasteiger partial charge in [0.05, 0.1) is 26.7 Å². The molecule has 1 amide bonds. The Kier molecular flexibility index (Phi) is 33.5. The molecule has 0 aliphatic carbocycles. The van der Waals surface area contributed by atoms with E-state index < -0.39 is 6.23 Å². The number of hydrogen-bond acceptors (Lipinski definition) is 7. The molecule has 6 rings (SSSR count). The van der Waals surface area contributed by atoms with Crippen molar-refractivity contribution in [2.24, 2.45) is 11.8 Å². The van der Waals surface area contributed by atoms with Gasteiger partial charge in [-0.05, 0) is 98.9 Å². The Morgan fingerprint density at radius 1 is 0.402 bits per heavy atom. The first kappa shape index (κ1) is 68.6. The zero-order valence-corrected chi connectivity index (χ0v) is 56.8. The van der Waals surface area contributed by atoms with Crippen LogP contribution >= 0.6 is 45.3 Å². The van der Waals surface area contributed by atoms with Crippen molar-refractivity contribution in [3.8, 4) is 19.5 Å². The van der Waals surface area contributed by atoms with Gasteiger partial charge in [-0.25, -0.2) is 0 Å². The summed E-state index contributed by atoms with van der Waals surface area (Å²) in [7, 11) is 0. The molecular weight excluding hydrogens is 1080 g/mol. The van der Waals surface area contributed by atoms with Crippen molar-refractivity contribution in [1.82, 2.24) is 9.80 Å². The average molecular weight is 1200 g/mol. The van der Waals surface area contributed by atoms with E-state index in [1.165, 1.54) is 280 Å². The van der Waals surface area contributed by atoms with Gasteiger partial charge < -0.3 is 14.9 Å². The van der Waals surface area contributed by atoms with Gasteiger partial charge in [0.2, 0.25) is 0 Å². The zero-order chi connectivity index (χ0) is 58.2. The minimum Gasteiger partial charge on any atom is -0.369 e. The largest absolute Gasteiger partial charge is 0.369 e. The van der Waals surface area contributed by atoms with Gasteiger partial charge in [-0.2, -0.15) is 0 Å². The Balaban J connectivity index is 1.30. The van der Waals surface area contributed by atoms with Crippen LogP contribution in [0.3, 0.4) is 0 Å². The first-order valence-corrected chi connectivity index (χ1v) is 38.1. The van der Waals surface area contributed by atoms with E-state index in [2.05, 4.69) is 107 Å². The quantitative estimate of drug-likeness (QED) is 0.0448. The summed E-state index contributed by atoms with van der Waals surface area (Å²) in [6, 6.07) is 18.3. The second-order valence-corrected chi connectivity index (χ2v) is 30.3. The minimum atomic E-state index is -0.869. The summed E-state index contributed by atoms with van der Waals surface area (Å²) in [4.78, 5) is 30.7. The Morgan fingerprint density at radius 3 is 1.11 bits per heavy atom. The van der Waals surface area contributed by atoms with Gasteiger partial charge in [-0.3, -0.25) is 4.79 Å². The fraction of sp³-hybridized carbons (Fsp3) is 0.716. The molecule has 0 saturated heterocycles. The molecule has 2 aliphatic rings. The molecule has 4 nitrogen and oxygen atoms in total. The molecule has 6 heterocycles. The molecular formula is C74H118N2O2S4. The maximum atomic E-state index is 16.0. The van der Waals surface area contributed by atoms with E-state index in [1.807, 2.05) is 34.0 Å². The van der Waals surface area contributed by atoms with Crippen molar-refractivity contribution >= 4 is 62.6 Å². The number of carbonyl (C=O) groups is 1. The van der Waals surface area contributed by atoms with Crippen LogP contribution in [-0.2, 0) is 4.79 Å². The maximum absolute atomic E-state index is 16.0. The molecule has 0 fully saturated rings. The highest BCUT2D eigenvalue weighted by Crippen LogP contribution is 2.52. The molecule has 0 aromatic carbocycles. The summed E-state index contributed by atoms with van der Waals surface area (Å²) < 4.78 is 0. The molecule has 8 heteroatoms. The highest BCUT2D eigenvalue weighted by molar-refractivity contribution is 7.26. The summed E-state index contributed by atoms with van der Waals surface area (Å²) in [6.45, 7) is 17.5. The Hall–Kier alpha value is -2.49. The average Bonchev–Trinajstić information content (AvgIpc) is 2.04. The van der Waals surface area contributed by atoms with Crippen molar-refractivity contribution < 1.29 is 9.90 Å². The van der Waals surface area contributed by atoms with Gasteiger partial charge >= 0.3 is 0 Å². The van der Waals surface area contributed by atoms with Crippen LogP contribution < -0.4 is 0 Å². The van der Waals surface area contributed by atoms with Gasteiger partial charge in [0.25, 0.3) is 5.91 Å². The molecule has 0 radical (unpaired) electrons. The van der Waals surface area contributed by atoms with E-state index in [0.29, 0.717) is 17.8 Å². The molecule has 4 aromatic rings. The second kappa shape index (κ2) is 40.1. The maximum Gasteiger partial charge on any atom is 0.261 e. The van der Waals surface area contributed by atoms with E-state index in [0.717, 1.165) is 51.8 Å². The number of unbranched alkanes of at least 4 members (excludes halogenated alkanes) is 32. The first-order valence-electron chi connectivity index (χ1n) is 34.8. The summed E-state index contributed by atoms with van der Waals surface area (Å²) in [5.41, 5.74) is 3.65. The smallest absolute Gasteiger partial charge is 0.261 e. The predicted octanol–water partition coefficient (Wildman–Crippen LogP) is 25.2. The van der Waals surface area contributed by atoms with Crippen LogP contribution in [0, 0.1) is 18.8 Å². The van der Waals surface area contributed by atoms with E-state index in [-0.39, 0.29) is 5.91 Å². The Bertz CT molecular complexity index is 2390. The van der Waals surface area contributed by atoms with Crippen LogP contribution in [-0.4, -0.2) is 40.1 Å². The van der Waals surface area contributed by atoms with Crippen LogP contribution in [0.4, 0.5) is 0 Å². The Labute approximate surface area is 519 Å². The summed E-state index contributed by atoms with van der Waals surface area (Å²) in [5.74, 6) is 1.53. The third kappa shape index (κ3) is 22.7. The monoisotopic (exact) mass is 1190 g/mol. The Morgan fingerprint density at radius 2 is 0.732 bits per heavy atom. The number of aliphatic hydroxyl groups is 1. The van der Waals surface area contributed by atoms with Crippen LogP contribution in [0.1, 0.15) is 324 Å². The molecule has 2 aliphatic heterocycles. The molecule has 3 unspecified atom stereocenters. The summed E-state index contributed by atoms with van der Waals surface area (Å²) in [6.07, 6.45) is 51.9. The highest BCUT2D eigenvalue weighted by Gasteiger charge is 2.50. The van der Waals surface area contributed by atoms with Crippen LogP contribution in [0.15, 0.2) is 59.7 Å². The molecule has 4 aromatic heterocycles. The fourth-order valence-electron chi connectivity index (χ4n) is 13.1. The van der Waals surface area contributed by atoms with Crippen LogP contribution in [0.5, 0.6) is 0 Å². The second-order valence-electron chi connectivity index (χ2n) is 25.7. The molecule has 82 heavy (non-hydrogen) atoms. The van der Waals surface area contributed by atoms with E-state index in [1.54, 1.807) is 11.3 Å². The SMILES string of the molecule is CCCCCCCCCCCCC(CCCCCCCCCC)CN1C(=O)C2=C(c3ccc(C)s3)N(CC(CCCCCCCCCC)CCCCCCCCCCCC)C(O)C2=C1c1ccc(-c2ccc(-c3ccc(C(C)C)s3)s2)s1. The predicted molar refractivity (Wildman–Crippen MR) is 367 cm³/mol. The van der Waals surface area contributed by atoms with E-state index in [4.69, 9.17) is 0 Å². The van der Waals surface area contributed by atoms with Crippen molar-refractivity contribution in [1.29, 1.82) is 0 Å². The number of aliphatic hydroxyl groups excluding tert-OH is 1. The van der Waals surface area contributed by atoms with E-state index >= 15 is 4.79 Å². The molecule has 0 bridgehead atoms. The van der Waals surface area contributed by atoms with Crippen molar-refractivity contribution in [3.05, 3.63) is 79.2 Å². The lowest BCUT2D eigenvalue weighted by atomic mass is 9.93.